The lowest BCUT2D eigenvalue weighted by Crippen LogP contribution is -2.30. The summed E-state index contributed by atoms with van der Waals surface area (Å²) in [5, 5.41) is 9.06. The Morgan fingerprint density at radius 1 is 1.50 bits per heavy atom. The summed E-state index contributed by atoms with van der Waals surface area (Å²) in [6.07, 6.45) is 0.997. The summed E-state index contributed by atoms with van der Waals surface area (Å²) in [7, 11) is -3.74. The molecule has 0 radical (unpaired) electrons. The van der Waals surface area contributed by atoms with Gasteiger partial charge in [-0.25, -0.2) is 17.5 Å². The Morgan fingerprint density at radius 2 is 2.25 bits per heavy atom. The predicted molar refractivity (Wildman–Crippen MR) is 77.7 cm³/mol. The van der Waals surface area contributed by atoms with E-state index in [0.29, 0.717) is 12.5 Å². The zero-order valence-corrected chi connectivity index (χ0v) is 12.9. The molecule has 112 valence electrons. The third-order valence-electron chi connectivity index (χ3n) is 3.41. The molecule has 1 unspecified atom stereocenters. The van der Waals surface area contributed by atoms with E-state index in [1.54, 1.807) is 0 Å². The first-order valence-electron chi connectivity index (χ1n) is 6.41. The van der Waals surface area contributed by atoms with Crippen LogP contribution in [-0.4, -0.2) is 31.6 Å². The summed E-state index contributed by atoms with van der Waals surface area (Å²) in [4.78, 5) is -0.0906. The number of nitrogens with one attached hydrogen (secondary N) is 1. The molecule has 1 atom stereocenters. The van der Waals surface area contributed by atoms with Crippen LogP contribution in [0.5, 0.6) is 0 Å². The van der Waals surface area contributed by atoms with E-state index >= 15 is 0 Å². The minimum Gasteiger partial charge on any atom is -0.392 e. The van der Waals surface area contributed by atoms with Crippen molar-refractivity contribution in [2.75, 3.05) is 18.1 Å². The molecule has 1 aromatic rings. The van der Waals surface area contributed by atoms with E-state index in [9.17, 15) is 12.8 Å². The van der Waals surface area contributed by atoms with E-state index in [4.69, 9.17) is 5.11 Å². The van der Waals surface area contributed by atoms with Gasteiger partial charge in [0, 0.05) is 12.1 Å². The topological polar surface area (TPSA) is 66.4 Å². The molecule has 0 aromatic heterocycles. The first-order valence-corrected chi connectivity index (χ1v) is 9.05. The molecule has 1 fully saturated rings. The first-order chi connectivity index (χ1) is 9.44. The summed E-state index contributed by atoms with van der Waals surface area (Å²) in [6.45, 7) is 1.41. The monoisotopic (exact) mass is 319 g/mol. The van der Waals surface area contributed by atoms with Gasteiger partial charge in [-0.1, -0.05) is 0 Å². The van der Waals surface area contributed by atoms with Crippen molar-refractivity contribution in [2.45, 2.75) is 24.8 Å². The lowest BCUT2D eigenvalue weighted by Gasteiger charge is -2.13. The molecule has 20 heavy (non-hydrogen) atoms. The van der Waals surface area contributed by atoms with Crippen molar-refractivity contribution in [3.05, 3.63) is 29.1 Å². The number of benzene rings is 1. The summed E-state index contributed by atoms with van der Waals surface area (Å²) in [5.74, 6) is 1.72. The van der Waals surface area contributed by atoms with Gasteiger partial charge in [-0.3, -0.25) is 0 Å². The fraction of sp³-hybridized carbons (Fsp3) is 0.538. The molecule has 0 amide bonds. The minimum atomic E-state index is -3.74. The molecule has 0 spiro atoms. The van der Waals surface area contributed by atoms with E-state index in [1.165, 1.54) is 13.0 Å². The molecule has 1 aliphatic rings. The van der Waals surface area contributed by atoms with Gasteiger partial charge in [0.05, 0.1) is 11.5 Å². The van der Waals surface area contributed by atoms with E-state index in [0.717, 1.165) is 24.0 Å². The molecule has 2 rings (SSSR count). The predicted octanol–water partition coefficient (Wildman–Crippen LogP) is 1.66. The van der Waals surface area contributed by atoms with Crippen LogP contribution < -0.4 is 4.72 Å². The Morgan fingerprint density at radius 3 is 2.85 bits per heavy atom. The van der Waals surface area contributed by atoms with Crippen LogP contribution in [0.25, 0.3) is 0 Å². The molecule has 4 nitrogen and oxygen atoms in total. The Bertz CT molecular complexity index is 584. The molecule has 2 N–H and O–H groups in total. The molecular weight excluding hydrogens is 301 g/mol. The number of hydrogen-bond donors (Lipinski definition) is 2. The maximum atomic E-state index is 13.7. The van der Waals surface area contributed by atoms with Gasteiger partial charge in [0.15, 0.2) is 0 Å². The SMILES string of the molecule is Cc1c(F)cc(CO)cc1S(=O)(=O)NCC1CCSC1. The van der Waals surface area contributed by atoms with Gasteiger partial charge in [-0.15, -0.1) is 0 Å². The lowest BCUT2D eigenvalue weighted by atomic mass is 10.1. The van der Waals surface area contributed by atoms with Crippen molar-refractivity contribution in [1.29, 1.82) is 0 Å². The van der Waals surface area contributed by atoms with Crippen LogP contribution in [-0.2, 0) is 16.6 Å². The molecule has 1 heterocycles. The van der Waals surface area contributed by atoms with Crippen molar-refractivity contribution >= 4 is 21.8 Å². The van der Waals surface area contributed by atoms with Gasteiger partial charge in [-0.05, 0) is 48.5 Å². The molecule has 1 aliphatic heterocycles. The van der Waals surface area contributed by atoms with E-state index in [1.807, 2.05) is 11.8 Å². The number of halogens is 1. The summed E-state index contributed by atoms with van der Waals surface area (Å²) < 4.78 is 40.8. The van der Waals surface area contributed by atoms with Gasteiger partial charge < -0.3 is 5.11 Å². The zero-order valence-electron chi connectivity index (χ0n) is 11.2. The molecule has 0 saturated carbocycles. The number of rotatable bonds is 5. The second-order valence-electron chi connectivity index (χ2n) is 4.94. The van der Waals surface area contributed by atoms with Gasteiger partial charge >= 0.3 is 0 Å². The number of aliphatic hydroxyl groups is 1. The third kappa shape index (κ3) is 3.52. The molecular formula is C13H18FNO3S2. The lowest BCUT2D eigenvalue weighted by molar-refractivity contribution is 0.281. The van der Waals surface area contributed by atoms with Crippen molar-refractivity contribution in [3.8, 4) is 0 Å². The molecule has 0 bridgehead atoms. The highest BCUT2D eigenvalue weighted by atomic mass is 32.2. The normalized spacial score (nSPS) is 19.4. The third-order valence-corrected chi connectivity index (χ3v) is 6.20. The second kappa shape index (κ2) is 6.43. The quantitative estimate of drug-likeness (QED) is 0.866. The van der Waals surface area contributed by atoms with Crippen molar-refractivity contribution < 1.29 is 17.9 Å². The van der Waals surface area contributed by atoms with Crippen LogP contribution in [0.2, 0.25) is 0 Å². The number of thioether (sulfide) groups is 1. The zero-order chi connectivity index (χ0) is 14.8. The number of hydrogen-bond acceptors (Lipinski definition) is 4. The fourth-order valence-corrected chi connectivity index (χ4v) is 4.83. The summed E-state index contributed by atoms with van der Waals surface area (Å²) >= 11 is 1.81. The van der Waals surface area contributed by atoms with Crippen LogP contribution in [0.4, 0.5) is 4.39 Å². The number of aliphatic hydroxyl groups excluding tert-OH is 1. The van der Waals surface area contributed by atoms with Gasteiger partial charge in [0.25, 0.3) is 0 Å². The maximum Gasteiger partial charge on any atom is 0.240 e. The summed E-state index contributed by atoms with van der Waals surface area (Å²) in [6, 6.07) is 2.48. The van der Waals surface area contributed by atoms with Crippen LogP contribution in [0.3, 0.4) is 0 Å². The molecule has 1 aromatic carbocycles. The second-order valence-corrected chi connectivity index (χ2v) is 7.83. The largest absolute Gasteiger partial charge is 0.392 e. The van der Waals surface area contributed by atoms with Crippen molar-refractivity contribution in [2.24, 2.45) is 5.92 Å². The van der Waals surface area contributed by atoms with E-state index in [-0.39, 0.29) is 22.6 Å². The van der Waals surface area contributed by atoms with Crippen LogP contribution in [0.15, 0.2) is 17.0 Å². The fourth-order valence-electron chi connectivity index (χ4n) is 2.13. The maximum absolute atomic E-state index is 13.7. The van der Waals surface area contributed by atoms with Crippen LogP contribution in [0, 0.1) is 18.7 Å². The Labute approximate surface area is 122 Å². The van der Waals surface area contributed by atoms with Crippen molar-refractivity contribution in [3.63, 3.8) is 0 Å². The molecule has 1 saturated heterocycles. The highest BCUT2D eigenvalue weighted by molar-refractivity contribution is 7.99. The average Bonchev–Trinajstić information content (AvgIpc) is 2.92. The molecule has 0 aliphatic carbocycles. The summed E-state index contributed by atoms with van der Waals surface area (Å²) in [5.41, 5.74) is 0.334. The standard InChI is InChI=1S/C13H18FNO3S2/c1-9-12(14)4-11(7-16)5-13(9)20(17,18)15-6-10-2-3-19-8-10/h4-5,10,15-16H,2-3,6-8H2,1H3. The van der Waals surface area contributed by atoms with Gasteiger partial charge in [-0.2, -0.15) is 11.8 Å². The first kappa shape index (κ1) is 15.8. The van der Waals surface area contributed by atoms with Crippen LogP contribution in [0.1, 0.15) is 17.5 Å². The van der Waals surface area contributed by atoms with Gasteiger partial charge in [0.2, 0.25) is 10.0 Å². The Hall–Kier alpha value is -0.630. The highest BCUT2D eigenvalue weighted by Crippen LogP contribution is 2.24. The van der Waals surface area contributed by atoms with Crippen molar-refractivity contribution in [1.82, 2.24) is 4.72 Å². The Kier molecular flexibility index (Phi) is 5.06. The minimum absolute atomic E-state index is 0.0792. The van der Waals surface area contributed by atoms with E-state index < -0.39 is 15.8 Å². The highest BCUT2D eigenvalue weighted by Gasteiger charge is 2.23. The number of sulfonamides is 1. The average molecular weight is 319 g/mol. The van der Waals surface area contributed by atoms with Gasteiger partial charge in [0.1, 0.15) is 5.82 Å². The smallest absolute Gasteiger partial charge is 0.240 e. The van der Waals surface area contributed by atoms with Crippen LogP contribution >= 0.6 is 11.8 Å². The molecule has 7 heteroatoms. The van der Waals surface area contributed by atoms with E-state index in [2.05, 4.69) is 4.72 Å². The Balaban J connectivity index is 2.21.